The quantitative estimate of drug-likeness (QED) is 0.118. The van der Waals surface area contributed by atoms with Gasteiger partial charge in [-0.2, -0.15) is 0 Å². The van der Waals surface area contributed by atoms with E-state index in [-0.39, 0.29) is 10.4 Å². The molecular formula is C34H44O4S. The summed E-state index contributed by atoms with van der Waals surface area (Å²) in [6, 6.07) is 28.7. The monoisotopic (exact) mass is 548 g/mol. The molecule has 0 radical (unpaired) electrons. The van der Waals surface area contributed by atoms with Gasteiger partial charge in [0.15, 0.2) is 5.12 Å². The fraction of sp³-hybridized carbons (Fsp3) is 0.441. The van der Waals surface area contributed by atoms with Crippen LogP contribution in [0.2, 0.25) is 0 Å². The highest BCUT2D eigenvalue weighted by molar-refractivity contribution is 8.14. The Hall–Kier alpha value is -2.60. The maximum Gasteiger partial charge on any atom is 0.189 e. The van der Waals surface area contributed by atoms with Gasteiger partial charge in [0.05, 0.1) is 25.6 Å². The van der Waals surface area contributed by atoms with Gasteiger partial charge in [0, 0.05) is 13.0 Å². The Morgan fingerprint density at radius 3 is 1.90 bits per heavy atom. The average Bonchev–Trinajstić information content (AvgIpc) is 2.98. The van der Waals surface area contributed by atoms with Gasteiger partial charge in [-0.15, -0.1) is 0 Å². The fourth-order valence-corrected chi connectivity index (χ4v) is 5.67. The summed E-state index contributed by atoms with van der Waals surface area (Å²) in [7, 11) is 1.67. The molecule has 0 aromatic heterocycles. The molecule has 3 aromatic carbocycles. The summed E-state index contributed by atoms with van der Waals surface area (Å²) in [4.78, 5) is 13.0. The third-order valence-electron chi connectivity index (χ3n) is 6.78. The Kier molecular flexibility index (Phi) is 13.6. The summed E-state index contributed by atoms with van der Waals surface area (Å²) >= 11 is 1.38. The lowest BCUT2D eigenvalue weighted by atomic mass is 9.80. The highest BCUT2D eigenvalue weighted by Gasteiger charge is 2.38. The van der Waals surface area contributed by atoms with E-state index in [1.165, 1.54) is 31.0 Å². The minimum Gasteiger partial charge on any atom is -0.497 e. The number of carbonyl (C=O) groups excluding carboxylic acids is 1. The molecule has 0 aliphatic rings. The van der Waals surface area contributed by atoms with Gasteiger partial charge in [-0.1, -0.05) is 124 Å². The van der Waals surface area contributed by atoms with Gasteiger partial charge >= 0.3 is 0 Å². The van der Waals surface area contributed by atoms with E-state index in [1.807, 2.05) is 48.5 Å². The molecular weight excluding hydrogens is 504 g/mol. The maximum atomic E-state index is 13.0. The lowest BCUT2D eigenvalue weighted by molar-refractivity contribution is -0.111. The van der Waals surface area contributed by atoms with E-state index in [0.29, 0.717) is 26.2 Å². The van der Waals surface area contributed by atoms with Crippen LogP contribution in [0.5, 0.6) is 5.75 Å². The van der Waals surface area contributed by atoms with Crippen LogP contribution in [-0.2, 0) is 19.9 Å². The second-order valence-corrected chi connectivity index (χ2v) is 11.2. The highest BCUT2D eigenvalue weighted by atomic mass is 32.2. The van der Waals surface area contributed by atoms with E-state index < -0.39 is 5.60 Å². The van der Waals surface area contributed by atoms with Gasteiger partial charge < -0.3 is 14.2 Å². The number of hydrogen-bond donors (Lipinski definition) is 0. The van der Waals surface area contributed by atoms with Crippen molar-refractivity contribution in [3.05, 3.63) is 102 Å². The minimum absolute atomic E-state index is 0.107. The summed E-state index contributed by atoms with van der Waals surface area (Å²) < 4.78 is 18.4. The van der Waals surface area contributed by atoms with Gasteiger partial charge in [0.1, 0.15) is 11.4 Å². The number of methoxy groups -OCH3 is 1. The van der Waals surface area contributed by atoms with Gasteiger partial charge in [-0.25, -0.2) is 0 Å². The molecule has 0 saturated carbocycles. The zero-order chi connectivity index (χ0) is 27.8. The van der Waals surface area contributed by atoms with E-state index >= 15 is 0 Å². The summed E-state index contributed by atoms with van der Waals surface area (Å²) in [6.45, 7) is 5.82. The summed E-state index contributed by atoms with van der Waals surface area (Å²) in [5, 5.41) is 0.111. The SMILES string of the molecule is CCCCCCCC(=O)S[C@@H](COCCC)COC(c1ccccc1)(c1ccccc1)c1ccc(OC)cc1. The molecule has 5 heteroatoms. The second kappa shape index (κ2) is 17.2. The minimum atomic E-state index is -0.860. The van der Waals surface area contributed by atoms with Crippen LogP contribution in [0.15, 0.2) is 84.9 Å². The predicted octanol–water partition coefficient (Wildman–Crippen LogP) is 8.42. The molecule has 1 atom stereocenters. The number of unbranched alkanes of at least 4 members (excludes halogenated alkanes) is 4. The molecule has 0 aliphatic heterocycles. The van der Waals surface area contributed by atoms with Crippen LogP contribution < -0.4 is 4.74 Å². The lowest BCUT2D eigenvalue weighted by Crippen LogP contribution is -2.36. The number of ether oxygens (including phenoxy) is 3. The topological polar surface area (TPSA) is 44.8 Å². The van der Waals surface area contributed by atoms with Crippen LogP contribution >= 0.6 is 11.8 Å². The van der Waals surface area contributed by atoms with Crippen molar-refractivity contribution in [1.29, 1.82) is 0 Å². The largest absolute Gasteiger partial charge is 0.497 e. The molecule has 0 aliphatic carbocycles. The van der Waals surface area contributed by atoms with Crippen molar-refractivity contribution in [1.82, 2.24) is 0 Å². The van der Waals surface area contributed by atoms with Crippen molar-refractivity contribution >= 4 is 16.9 Å². The first-order chi connectivity index (χ1) is 19.1. The van der Waals surface area contributed by atoms with Crippen molar-refractivity contribution in [3.8, 4) is 5.75 Å². The zero-order valence-electron chi connectivity index (χ0n) is 23.8. The van der Waals surface area contributed by atoms with Crippen LogP contribution in [-0.4, -0.2) is 37.3 Å². The van der Waals surface area contributed by atoms with E-state index in [9.17, 15) is 4.79 Å². The summed E-state index contributed by atoms with van der Waals surface area (Å²) in [5.41, 5.74) is 2.20. The smallest absolute Gasteiger partial charge is 0.189 e. The van der Waals surface area contributed by atoms with Crippen LogP contribution in [0.4, 0.5) is 0 Å². The molecule has 0 unspecified atom stereocenters. The van der Waals surface area contributed by atoms with E-state index in [0.717, 1.165) is 41.7 Å². The number of hydrogen-bond acceptors (Lipinski definition) is 5. The Bertz CT molecular complexity index is 1030. The Morgan fingerprint density at radius 1 is 0.744 bits per heavy atom. The highest BCUT2D eigenvalue weighted by Crippen LogP contribution is 2.41. The number of carbonyl (C=O) groups is 1. The van der Waals surface area contributed by atoms with Crippen LogP contribution in [0.3, 0.4) is 0 Å². The van der Waals surface area contributed by atoms with Crippen molar-refractivity contribution < 1.29 is 19.0 Å². The molecule has 210 valence electrons. The van der Waals surface area contributed by atoms with Crippen molar-refractivity contribution in [3.63, 3.8) is 0 Å². The van der Waals surface area contributed by atoms with Gasteiger partial charge in [0.25, 0.3) is 0 Å². The predicted molar refractivity (Wildman–Crippen MR) is 163 cm³/mol. The van der Waals surface area contributed by atoms with Crippen molar-refractivity contribution in [2.24, 2.45) is 0 Å². The Labute approximate surface area is 239 Å². The third kappa shape index (κ3) is 9.23. The fourth-order valence-electron chi connectivity index (χ4n) is 4.73. The molecule has 0 spiro atoms. The number of rotatable bonds is 18. The molecule has 3 rings (SSSR count). The summed E-state index contributed by atoms with van der Waals surface area (Å²) in [6.07, 6.45) is 7.21. The molecule has 0 amide bonds. The molecule has 0 bridgehead atoms. The van der Waals surface area contributed by atoms with E-state index in [1.54, 1.807) is 7.11 Å². The van der Waals surface area contributed by atoms with Crippen LogP contribution in [0, 0.1) is 0 Å². The molecule has 4 nitrogen and oxygen atoms in total. The normalized spacial score (nSPS) is 12.3. The van der Waals surface area contributed by atoms with Gasteiger partial charge in [0.2, 0.25) is 0 Å². The molecule has 0 fully saturated rings. The third-order valence-corrected chi connectivity index (χ3v) is 7.85. The number of thioether (sulfide) groups is 1. The zero-order valence-corrected chi connectivity index (χ0v) is 24.6. The van der Waals surface area contributed by atoms with Gasteiger partial charge in [-0.05, 0) is 41.7 Å². The van der Waals surface area contributed by atoms with Crippen molar-refractivity contribution in [2.45, 2.75) is 69.6 Å². The molecule has 0 N–H and O–H groups in total. The first kappa shape index (κ1) is 30.9. The molecule has 0 saturated heterocycles. The van der Waals surface area contributed by atoms with E-state index in [4.69, 9.17) is 14.2 Å². The van der Waals surface area contributed by atoms with Crippen LogP contribution in [0.25, 0.3) is 0 Å². The Balaban J connectivity index is 1.91. The molecule has 0 heterocycles. The molecule has 39 heavy (non-hydrogen) atoms. The first-order valence-corrected chi connectivity index (χ1v) is 15.2. The standard InChI is InChI=1S/C34H44O4S/c1-4-6-7-8-15-20-33(35)39-32(26-37-25-5-2)27-38-34(28-16-11-9-12-17-28,29-18-13-10-14-19-29)30-21-23-31(36-3)24-22-30/h9-14,16-19,21-24,32H,4-8,15,20,25-27H2,1-3H3/t32-/m0/s1. The Morgan fingerprint density at radius 2 is 1.33 bits per heavy atom. The van der Waals surface area contributed by atoms with Crippen LogP contribution in [0.1, 0.15) is 75.5 Å². The van der Waals surface area contributed by atoms with Crippen molar-refractivity contribution in [2.75, 3.05) is 26.9 Å². The van der Waals surface area contributed by atoms with Gasteiger partial charge in [-0.3, -0.25) is 4.79 Å². The second-order valence-electron chi connectivity index (χ2n) is 9.80. The first-order valence-electron chi connectivity index (χ1n) is 14.3. The lowest BCUT2D eigenvalue weighted by Gasteiger charge is -2.37. The average molecular weight is 549 g/mol. The van der Waals surface area contributed by atoms with E-state index in [2.05, 4.69) is 50.2 Å². The number of benzene rings is 3. The summed E-state index contributed by atoms with van der Waals surface area (Å²) in [5.74, 6) is 0.791. The maximum absolute atomic E-state index is 13.0. The molecule has 3 aromatic rings.